The average Bonchev–Trinajstić information content (AvgIpc) is 2.42. The summed E-state index contributed by atoms with van der Waals surface area (Å²) in [5.41, 5.74) is 0.373. The normalized spacial score (nSPS) is 18.2. The van der Waals surface area contributed by atoms with Crippen molar-refractivity contribution in [3.63, 3.8) is 0 Å². The fourth-order valence-electron chi connectivity index (χ4n) is 1.97. The van der Waals surface area contributed by atoms with Gasteiger partial charge in [0.05, 0.1) is 10.7 Å². The van der Waals surface area contributed by atoms with E-state index in [1.54, 1.807) is 12.1 Å². The highest BCUT2D eigenvalue weighted by Gasteiger charge is 2.20. The van der Waals surface area contributed by atoms with Gasteiger partial charge in [0.1, 0.15) is 17.4 Å². The first-order chi connectivity index (χ1) is 9.11. The van der Waals surface area contributed by atoms with Crippen molar-refractivity contribution in [2.75, 3.05) is 7.11 Å². The minimum absolute atomic E-state index is 0.00634. The van der Waals surface area contributed by atoms with Gasteiger partial charge in [-0.05, 0) is 60.1 Å². The lowest BCUT2D eigenvalue weighted by molar-refractivity contribution is 0.0594. The Bertz CT molecular complexity index is 514. The minimum atomic E-state index is -0.435. The Hall–Kier alpha value is -0.750. The second kappa shape index (κ2) is 6.61. The quantitative estimate of drug-likeness (QED) is 0.439. The van der Waals surface area contributed by atoms with E-state index in [1.165, 1.54) is 7.11 Å². The molecule has 3 nitrogen and oxygen atoms in total. The van der Waals surface area contributed by atoms with Crippen LogP contribution in [0, 0.1) is 3.57 Å². The second-order valence-electron chi connectivity index (χ2n) is 4.27. The molecule has 0 radical (unpaired) electrons. The van der Waals surface area contributed by atoms with Gasteiger partial charge in [-0.1, -0.05) is 17.7 Å². The highest BCUT2D eigenvalue weighted by molar-refractivity contribution is 14.1. The fourth-order valence-corrected chi connectivity index (χ4v) is 3.13. The minimum Gasteiger partial charge on any atom is -0.484 e. The summed E-state index contributed by atoms with van der Waals surface area (Å²) in [7, 11) is 1.35. The molecule has 0 saturated carbocycles. The van der Waals surface area contributed by atoms with Crippen LogP contribution in [-0.4, -0.2) is 19.2 Å². The first-order valence-corrected chi connectivity index (χ1v) is 7.48. The van der Waals surface area contributed by atoms with Crippen LogP contribution < -0.4 is 4.74 Å². The predicted octanol–water partition coefficient (Wildman–Crippen LogP) is 4.22. The van der Waals surface area contributed by atoms with Gasteiger partial charge in [0.2, 0.25) is 0 Å². The highest BCUT2D eigenvalue weighted by Crippen LogP contribution is 2.32. The summed E-state index contributed by atoms with van der Waals surface area (Å²) in [6.07, 6.45) is 7.28. The molecule has 0 aliphatic heterocycles. The average molecular weight is 393 g/mol. The van der Waals surface area contributed by atoms with E-state index >= 15 is 0 Å². The van der Waals surface area contributed by atoms with Crippen molar-refractivity contribution >= 4 is 40.2 Å². The van der Waals surface area contributed by atoms with Crippen molar-refractivity contribution in [3.05, 3.63) is 38.4 Å². The van der Waals surface area contributed by atoms with Crippen LogP contribution in [0.1, 0.15) is 29.6 Å². The number of rotatable bonds is 3. The number of esters is 1. The Labute approximate surface area is 131 Å². The van der Waals surface area contributed by atoms with E-state index in [-0.39, 0.29) is 6.10 Å². The van der Waals surface area contributed by atoms with E-state index in [1.807, 2.05) is 6.08 Å². The van der Waals surface area contributed by atoms with Crippen LogP contribution in [0.3, 0.4) is 0 Å². The zero-order chi connectivity index (χ0) is 13.8. The largest absolute Gasteiger partial charge is 0.484 e. The van der Waals surface area contributed by atoms with Crippen LogP contribution in [0.4, 0.5) is 0 Å². The molecule has 0 N–H and O–H groups in total. The van der Waals surface area contributed by atoms with E-state index in [0.717, 1.165) is 22.8 Å². The molecule has 0 saturated heterocycles. The molecule has 0 spiro atoms. The molecular weight excluding hydrogens is 379 g/mol. The molecule has 0 bridgehead atoms. The molecule has 1 aliphatic rings. The molecule has 0 amide bonds. The Morgan fingerprint density at radius 1 is 1.47 bits per heavy atom. The Morgan fingerprint density at radius 3 is 2.89 bits per heavy atom. The SMILES string of the molecule is COC(=O)c1cc(Cl)cc(I)c1O[C@@H]1C=CCCC1. The van der Waals surface area contributed by atoms with Gasteiger partial charge in [0, 0.05) is 5.02 Å². The van der Waals surface area contributed by atoms with E-state index in [4.69, 9.17) is 21.1 Å². The summed E-state index contributed by atoms with van der Waals surface area (Å²) >= 11 is 8.10. The van der Waals surface area contributed by atoms with E-state index in [0.29, 0.717) is 16.3 Å². The highest BCUT2D eigenvalue weighted by atomic mass is 127. The van der Waals surface area contributed by atoms with Gasteiger partial charge in [0.25, 0.3) is 0 Å². The third kappa shape index (κ3) is 3.63. The molecule has 5 heteroatoms. The van der Waals surface area contributed by atoms with Crippen molar-refractivity contribution in [1.82, 2.24) is 0 Å². The van der Waals surface area contributed by atoms with Crippen LogP contribution in [0.5, 0.6) is 5.75 Å². The van der Waals surface area contributed by atoms with Gasteiger partial charge < -0.3 is 9.47 Å². The molecule has 102 valence electrons. The molecule has 0 aromatic heterocycles. The van der Waals surface area contributed by atoms with Crippen LogP contribution >= 0.6 is 34.2 Å². The van der Waals surface area contributed by atoms with Gasteiger partial charge in [-0.15, -0.1) is 0 Å². The number of ether oxygens (including phenoxy) is 2. The zero-order valence-corrected chi connectivity index (χ0v) is 13.4. The topological polar surface area (TPSA) is 35.5 Å². The predicted molar refractivity (Wildman–Crippen MR) is 82.9 cm³/mol. The Morgan fingerprint density at radius 2 is 2.26 bits per heavy atom. The molecular formula is C14H14ClIO3. The maximum absolute atomic E-state index is 11.8. The maximum atomic E-state index is 11.8. The number of carbonyl (C=O) groups is 1. The number of allylic oxidation sites excluding steroid dienone is 1. The van der Waals surface area contributed by atoms with Crippen molar-refractivity contribution < 1.29 is 14.3 Å². The van der Waals surface area contributed by atoms with Crippen molar-refractivity contribution in [1.29, 1.82) is 0 Å². The maximum Gasteiger partial charge on any atom is 0.341 e. The van der Waals surface area contributed by atoms with Gasteiger partial charge in [-0.25, -0.2) is 4.79 Å². The number of hydrogen-bond acceptors (Lipinski definition) is 3. The fraction of sp³-hybridized carbons (Fsp3) is 0.357. The van der Waals surface area contributed by atoms with Crippen LogP contribution in [0.25, 0.3) is 0 Å². The van der Waals surface area contributed by atoms with Crippen molar-refractivity contribution in [2.45, 2.75) is 25.4 Å². The molecule has 1 aliphatic carbocycles. The molecule has 1 aromatic rings. The molecule has 0 fully saturated rings. The third-order valence-electron chi connectivity index (χ3n) is 2.89. The van der Waals surface area contributed by atoms with Gasteiger partial charge >= 0.3 is 5.97 Å². The molecule has 0 heterocycles. The van der Waals surface area contributed by atoms with E-state index in [2.05, 4.69) is 28.7 Å². The van der Waals surface area contributed by atoms with E-state index in [9.17, 15) is 4.79 Å². The van der Waals surface area contributed by atoms with Crippen LogP contribution in [0.15, 0.2) is 24.3 Å². The lowest BCUT2D eigenvalue weighted by Gasteiger charge is -2.21. The smallest absolute Gasteiger partial charge is 0.341 e. The number of halogens is 2. The number of hydrogen-bond donors (Lipinski definition) is 0. The molecule has 2 rings (SSSR count). The summed E-state index contributed by atoms with van der Waals surface area (Å²) in [5, 5.41) is 0.497. The molecule has 1 aromatic carbocycles. The Kier molecular flexibility index (Phi) is 5.10. The van der Waals surface area contributed by atoms with Gasteiger partial charge in [-0.3, -0.25) is 0 Å². The van der Waals surface area contributed by atoms with Crippen molar-refractivity contribution in [3.8, 4) is 5.75 Å². The monoisotopic (exact) mass is 392 g/mol. The molecule has 0 unspecified atom stereocenters. The number of carbonyl (C=O) groups excluding carboxylic acids is 1. The summed E-state index contributed by atoms with van der Waals surface area (Å²) in [5.74, 6) is 0.114. The second-order valence-corrected chi connectivity index (χ2v) is 5.87. The number of methoxy groups -OCH3 is 1. The standard InChI is InChI=1S/C14H14ClIO3/c1-18-14(17)11-7-9(15)8-12(16)13(11)19-10-5-3-2-4-6-10/h3,5,7-8,10H,2,4,6H2,1H3/t10-/m1/s1. The summed E-state index contributed by atoms with van der Waals surface area (Å²) in [6.45, 7) is 0. The first-order valence-electron chi connectivity index (χ1n) is 6.02. The summed E-state index contributed by atoms with van der Waals surface area (Å²) in [4.78, 5) is 11.8. The number of benzene rings is 1. The van der Waals surface area contributed by atoms with Gasteiger partial charge in [-0.2, -0.15) is 0 Å². The molecule has 19 heavy (non-hydrogen) atoms. The van der Waals surface area contributed by atoms with Crippen LogP contribution in [-0.2, 0) is 4.74 Å². The lowest BCUT2D eigenvalue weighted by atomic mass is 10.1. The third-order valence-corrected chi connectivity index (χ3v) is 3.91. The van der Waals surface area contributed by atoms with Crippen molar-refractivity contribution in [2.24, 2.45) is 0 Å². The first kappa shape index (κ1) is 14.7. The van der Waals surface area contributed by atoms with E-state index < -0.39 is 5.97 Å². The summed E-state index contributed by atoms with van der Waals surface area (Å²) in [6, 6.07) is 3.36. The van der Waals surface area contributed by atoms with Gasteiger partial charge in [0.15, 0.2) is 0 Å². The zero-order valence-electron chi connectivity index (χ0n) is 10.5. The molecule has 1 atom stereocenters. The Balaban J connectivity index is 2.34. The lowest BCUT2D eigenvalue weighted by Crippen LogP contribution is -2.18. The summed E-state index contributed by atoms with van der Waals surface area (Å²) < 4.78 is 11.5. The van der Waals surface area contributed by atoms with Crippen LogP contribution in [0.2, 0.25) is 5.02 Å².